The monoisotopic (exact) mass is 358 g/mol. The van der Waals surface area contributed by atoms with Crippen molar-refractivity contribution in [1.29, 1.82) is 0 Å². The lowest BCUT2D eigenvalue weighted by Crippen LogP contribution is -2.37. The van der Waals surface area contributed by atoms with Gasteiger partial charge < -0.3 is 10.6 Å². The molecule has 0 spiro atoms. The van der Waals surface area contributed by atoms with Gasteiger partial charge in [0.25, 0.3) is 0 Å². The Bertz CT molecular complexity index is 786. The molecule has 3 rings (SSSR count). The average molecular weight is 359 g/mol. The predicted molar refractivity (Wildman–Crippen MR) is 105 cm³/mol. The van der Waals surface area contributed by atoms with Gasteiger partial charge in [0, 0.05) is 29.8 Å². The van der Waals surface area contributed by atoms with Gasteiger partial charge in [0.2, 0.25) is 0 Å². The molecule has 4 nitrogen and oxygen atoms in total. The van der Waals surface area contributed by atoms with Crippen LogP contribution >= 0.6 is 22.7 Å². The number of thiophene rings is 1. The van der Waals surface area contributed by atoms with E-state index in [1.165, 1.54) is 19.5 Å². The largest absolute Gasteiger partial charge is 0.356 e. The summed E-state index contributed by atoms with van der Waals surface area (Å²) in [6.45, 7) is 3.83. The van der Waals surface area contributed by atoms with Crippen LogP contribution in [0.2, 0.25) is 0 Å². The van der Waals surface area contributed by atoms with Crippen LogP contribution in [-0.4, -0.2) is 24.5 Å². The van der Waals surface area contributed by atoms with Gasteiger partial charge in [-0.3, -0.25) is 4.99 Å². The van der Waals surface area contributed by atoms with E-state index in [4.69, 9.17) is 0 Å². The molecule has 0 saturated heterocycles. The lowest BCUT2D eigenvalue weighted by Gasteiger charge is -2.10. The summed E-state index contributed by atoms with van der Waals surface area (Å²) in [4.78, 5) is 11.6. The molecule has 0 aliphatic heterocycles. The van der Waals surface area contributed by atoms with Gasteiger partial charge in [-0.2, -0.15) is 0 Å². The van der Waals surface area contributed by atoms with E-state index in [0.717, 1.165) is 37.4 Å². The number of benzene rings is 1. The molecule has 0 unspecified atom stereocenters. The second kappa shape index (κ2) is 8.26. The Labute approximate surface area is 150 Å². The number of hydrogen-bond donors (Lipinski definition) is 2. The van der Waals surface area contributed by atoms with Crippen LogP contribution in [0.3, 0.4) is 0 Å². The molecule has 0 amide bonds. The smallest absolute Gasteiger partial charge is 0.191 e. The van der Waals surface area contributed by atoms with Crippen LogP contribution in [0.4, 0.5) is 0 Å². The third-order valence-corrected chi connectivity index (χ3v) is 5.74. The molecular formula is C18H22N4S2. The molecule has 0 atom stereocenters. The SMILES string of the molecule is CN=C(NCCCc1nc2ccccc2s1)NCc1ccc(C)s1. The van der Waals surface area contributed by atoms with Gasteiger partial charge in [-0.05, 0) is 37.6 Å². The van der Waals surface area contributed by atoms with Crippen molar-refractivity contribution in [3.05, 3.63) is 51.2 Å². The van der Waals surface area contributed by atoms with Crippen molar-refractivity contribution in [2.24, 2.45) is 4.99 Å². The maximum absolute atomic E-state index is 4.67. The number of para-hydroxylation sites is 1. The first-order chi connectivity index (χ1) is 11.7. The van der Waals surface area contributed by atoms with Crippen molar-refractivity contribution in [1.82, 2.24) is 15.6 Å². The average Bonchev–Trinajstić information content (AvgIpc) is 3.19. The summed E-state index contributed by atoms with van der Waals surface area (Å²) in [6.07, 6.45) is 2.03. The van der Waals surface area contributed by atoms with Crippen LogP contribution in [0.15, 0.2) is 41.4 Å². The van der Waals surface area contributed by atoms with E-state index in [2.05, 4.69) is 57.9 Å². The summed E-state index contributed by atoms with van der Waals surface area (Å²) >= 11 is 3.60. The number of aromatic nitrogens is 1. The van der Waals surface area contributed by atoms with Gasteiger partial charge in [0.1, 0.15) is 0 Å². The fraction of sp³-hybridized carbons (Fsp3) is 0.333. The molecule has 0 aliphatic carbocycles. The molecule has 2 heterocycles. The second-order valence-electron chi connectivity index (χ2n) is 5.54. The third-order valence-electron chi connectivity index (χ3n) is 3.65. The van der Waals surface area contributed by atoms with Gasteiger partial charge in [0.15, 0.2) is 5.96 Å². The predicted octanol–water partition coefficient (Wildman–Crippen LogP) is 3.96. The number of aliphatic imine (C=N–C) groups is 1. The maximum Gasteiger partial charge on any atom is 0.191 e. The molecule has 0 aliphatic rings. The minimum atomic E-state index is 0.816. The summed E-state index contributed by atoms with van der Waals surface area (Å²) in [5.41, 5.74) is 1.11. The van der Waals surface area contributed by atoms with Crippen LogP contribution in [0.1, 0.15) is 21.2 Å². The third kappa shape index (κ3) is 4.55. The fourth-order valence-corrected chi connectivity index (χ4v) is 4.28. The zero-order valence-corrected chi connectivity index (χ0v) is 15.6. The van der Waals surface area contributed by atoms with Crippen molar-refractivity contribution >= 4 is 38.8 Å². The van der Waals surface area contributed by atoms with Crippen molar-refractivity contribution in [3.8, 4) is 0 Å². The first-order valence-electron chi connectivity index (χ1n) is 8.09. The number of hydrogen-bond acceptors (Lipinski definition) is 4. The van der Waals surface area contributed by atoms with Crippen LogP contribution in [0, 0.1) is 6.92 Å². The molecule has 2 N–H and O–H groups in total. The minimum Gasteiger partial charge on any atom is -0.356 e. The highest BCUT2D eigenvalue weighted by atomic mass is 32.1. The van der Waals surface area contributed by atoms with Gasteiger partial charge in [-0.1, -0.05) is 12.1 Å². The second-order valence-corrected chi connectivity index (χ2v) is 8.03. The normalized spacial score (nSPS) is 11.8. The van der Waals surface area contributed by atoms with Gasteiger partial charge in [-0.25, -0.2) is 4.98 Å². The summed E-state index contributed by atoms with van der Waals surface area (Å²) in [5, 5.41) is 7.93. The standard InChI is InChI=1S/C18H22N4S2/c1-13-9-10-14(23-13)12-21-18(19-2)20-11-5-8-17-22-15-6-3-4-7-16(15)24-17/h3-4,6-7,9-10H,5,8,11-12H2,1-2H3,(H2,19,20,21). The molecule has 1 aromatic carbocycles. The number of aryl methyl sites for hydroxylation is 2. The number of nitrogens with zero attached hydrogens (tertiary/aromatic N) is 2. The summed E-state index contributed by atoms with van der Waals surface area (Å²) in [7, 11) is 1.81. The molecule has 0 radical (unpaired) electrons. The van der Waals surface area contributed by atoms with Crippen LogP contribution in [0.25, 0.3) is 10.2 Å². The molecular weight excluding hydrogens is 336 g/mol. The van der Waals surface area contributed by atoms with E-state index in [9.17, 15) is 0 Å². The summed E-state index contributed by atoms with van der Waals surface area (Å²) < 4.78 is 1.27. The molecule has 0 bridgehead atoms. The van der Waals surface area contributed by atoms with E-state index in [1.54, 1.807) is 11.3 Å². The van der Waals surface area contributed by atoms with Gasteiger partial charge in [0.05, 0.1) is 21.8 Å². The summed E-state index contributed by atoms with van der Waals surface area (Å²) in [5.74, 6) is 0.852. The molecule has 0 saturated carbocycles. The zero-order valence-electron chi connectivity index (χ0n) is 14.0. The van der Waals surface area contributed by atoms with Gasteiger partial charge >= 0.3 is 0 Å². The maximum atomic E-state index is 4.67. The fourth-order valence-electron chi connectivity index (χ4n) is 2.44. The van der Waals surface area contributed by atoms with Crippen molar-refractivity contribution in [2.75, 3.05) is 13.6 Å². The van der Waals surface area contributed by atoms with E-state index < -0.39 is 0 Å². The Morgan fingerprint density at radius 2 is 2.00 bits per heavy atom. The highest BCUT2D eigenvalue weighted by Crippen LogP contribution is 2.22. The van der Waals surface area contributed by atoms with Crippen LogP contribution in [-0.2, 0) is 13.0 Å². The highest BCUT2D eigenvalue weighted by molar-refractivity contribution is 7.18. The zero-order chi connectivity index (χ0) is 16.8. The van der Waals surface area contributed by atoms with Crippen LogP contribution in [0.5, 0.6) is 0 Å². The lowest BCUT2D eigenvalue weighted by atomic mass is 10.3. The molecule has 3 aromatic rings. The van der Waals surface area contributed by atoms with E-state index >= 15 is 0 Å². The molecule has 24 heavy (non-hydrogen) atoms. The number of guanidine groups is 1. The molecule has 126 valence electrons. The number of nitrogens with one attached hydrogen (secondary N) is 2. The Morgan fingerprint density at radius 1 is 1.12 bits per heavy atom. The van der Waals surface area contributed by atoms with E-state index in [0.29, 0.717) is 0 Å². The Morgan fingerprint density at radius 3 is 2.75 bits per heavy atom. The number of fused-ring (bicyclic) bond motifs is 1. The van der Waals surface area contributed by atoms with Gasteiger partial charge in [-0.15, -0.1) is 22.7 Å². The highest BCUT2D eigenvalue weighted by Gasteiger charge is 2.04. The van der Waals surface area contributed by atoms with Crippen LogP contribution < -0.4 is 10.6 Å². The van der Waals surface area contributed by atoms with Crippen molar-refractivity contribution in [3.63, 3.8) is 0 Å². The first-order valence-corrected chi connectivity index (χ1v) is 9.72. The summed E-state index contributed by atoms with van der Waals surface area (Å²) in [6, 6.07) is 12.6. The first kappa shape index (κ1) is 16.9. The lowest BCUT2D eigenvalue weighted by molar-refractivity contribution is 0.742. The molecule has 0 fully saturated rings. The van der Waals surface area contributed by atoms with E-state index in [-0.39, 0.29) is 0 Å². The van der Waals surface area contributed by atoms with Crippen molar-refractivity contribution in [2.45, 2.75) is 26.3 Å². The minimum absolute atomic E-state index is 0.816. The Balaban J connectivity index is 1.41. The number of thiazole rings is 1. The molecule has 2 aromatic heterocycles. The Hall–Kier alpha value is -1.92. The number of rotatable bonds is 6. The van der Waals surface area contributed by atoms with E-state index in [1.807, 2.05) is 24.5 Å². The molecule has 6 heteroatoms. The van der Waals surface area contributed by atoms with Crippen molar-refractivity contribution < 1.29 is 0 Å². The topological polar surface area (TPSA) is 49.3 Å². The Kier molecular flexibility index (Phi) is 5.82. The quantitative estimate of drug-likeness (QED) is 0.398.